The van der Waals surface area contributed by atoms with Gasteiger partial charge in [0.25, 0.3) is 0 Å². The van der Waals surface area contributed by atoms with Crippen molar-refractivity contribution in [2.24, 2.45) is 23.7 Å². The zero-order valence-electron chi connectivity index (χ0n) is 15.3. The molecule has 4 rings (SSSR count). The highest BCUT2D eigenvalue weighted by Gasteiger charge is 2.58. The van der Waals surface area contributed by atoms with E-state index in [1.54, 1.807) is 18.2 Å². The van der Waals surface area contributed by atoms with E-state index in [4.69, 9.17) is 9.47 Å². The van der Waals surface area contributed by atoms with Gasteiger partial charge in [0.1, 0.15) is 11.5 Å². The van der Waals surface area contributed by atoms with Crippen LogP contribution >= 0.6 is 0 Å². The number of imide groups is 1. The van der Waals surface area contributed by atoms with E-state index >= 15 is 0 Å². The van der Waals surface area contributed by atoms with Crippen molar-refractivity contribution in [1.82, 2.24) is 4.90 Å². The van der Waals surface area contributed by atoms with Crippen LogP contribution in [0.2, 0.25) is 0 Å². The Hall–Kier alpha value is -2.83. The highest BCUT2D eigenvalue weighted by Crippen LogP contribution is 2.52. The molecule has 1 aliphatic heterocycles. The van der Waals surface area contributed by atoms with Gasteiger partial charge in [-0.15, -0.1) is 0 Å². The molecule has 0 spiro atoms. The van der Waals surface area contributed by atoms with Crippen LogP contribution in [-0.4, -0.2) is 43.4 Å². The van der Waals surface area contributed by atoms with Crippen LogP contribution < -0.4 is 14.8 Å². The SMILES string of the molecule is COc1ccc(OC)c(NC(=O)CCN2C(=O)[C@@H]3[C@H](C2=O)[C@H]2C=C[C@H]3C2)c1. The van der Waals surface area contributed by atoms with Gasteiger partial charge in [-0.1, -0.05) is 12.2 Å². The van der Waals surface area contributed by atoms with Crippen LogP contribution in [0.1, 0.15) is 12.8 Å². The van der Waals surface area contributed by atoms with Crippen LogP contribution in [-0.2, 0) is 14.4 Å². The summed E-state index contributed by atoms with van der Waals surface area (Å²) < 4.78 is 10.4. The Kier molecular flexibility index (Phi) is 4.37. The maximum Gasteiger partial charge on any atom is 0.233 e. The number of amides is 3. The van der Waals surface area contributed by atoms with Crippen molar-refractivity contribution < 1.29 is 23.9 Å². The zero-order chi connectivity index (χ0) is 19.1. The van der Waals surface area contributed by atoms with Crippen LogP contribution in [0.25, 0.3) is 0 Å². The highest BCUT2D eigenvalue weighted by atomic mass is 16.5. The van der Waals surface area contributed by atoms with E-state index in [0.717, 1.165) is 6.42 Å². The van der Waals surface area contributed by atoms with Gasteiger partial charge < -0.3 is 14.8 Å². The molecule has 0 radical (unpaired) electrons. The minimum atomic E-state index is -0.291. The molecule has 1 saturated carbocycles. The second-order valence-electron chi connectivity index (χ2n) is 7.19. The maximum atomic E-state index is 12.6. The summed E-state index contributed by atoms with van der Waals surface area (Å²) in [5.41, 5.74) is 0.486. The third-order valence-electron chi connectivity index (χ3n) is 5.80. The second kappa shape index (κ2) is 6.72. The smallest absolute Gasteiger partial charge is 0.233 e. The fraction of sp³-hybridized carbons (Fsp3) is 0.450. The van der Waals surface area contributed by atoms with Crippen LogP contribution in [0, 0.1) is 23.7 Å². The van der Waals surface area contributed by atoms with Gasteiger partial charge in [-0.3, -0.25) is 19.3 Å². The van der Waals surface area contributed by atoms with E-state index in [1.165, 1.54) is 19.1 Å². The van der Waals surface area contributed by atoms with E-state index in [1.807, 2.05) is 0 Å². The largest absolute Gasteiger partial charge is 0.497 e. The van der Waals surface area contributed by atoms with E-state index in [-0.39, 0.29) is 54.4 Å². The summed E-state index contributed by atoms with van der Waals surface area (Å²) in [5.74, 6) is 0.444. The van der Waals surface area contributed by atoms with Crippen LogP contribution in [0.5, 0.6) is 11.5 Å². The molecular weight excluding hydrogens is 348 g/mol. The number of methoxy groups -OCH3 is 2. The predicted octanol–water partition coefficient (Wildman–Crippen LogP) is 1.84. The van der Waals surface area contributed by atoms with Gasteiger partial charge >= 0.3 is 0 Å². The molecular formula is C20H22N2O5. The molecule has 0 aromatic heterocycles. The average molecular weight is 370 g/mol. The third kappa shape index (κ3) is 2.87. The Labute approximate surface area is 157 Å². The Morgan fingerprint density at radius 2 is 1.78 bits per heavy atom. The topological polar surface area (TPSA) is 84.9 Å². The lowest BCUT2D eigenvalue weighted by Gasteiger charge is -2.17. The second-order valence-corrected chi connectivity index (χ2v) is 7.19. The summed E-state index contributed by atoms with van der Waals surface area (Å²) >= 11 is 0. The predicted molar refractivity (Wildman–Crippen MR) is 97.2 cm³/mol. The average Bonchev–Trinajstić information content (AvgIpc) is 3.34. The molecule has 3 amide bonds. The molecule has 1 aromatic rings. The molecule has 1 aromatic carbocycles. The van der Waals surface area contributed by atoms with Gasteiger partial charge in [0.05, 0.1) is 31.7 Å². The number of allylic oxidation sites excluding steroid dienone is 2. The van der Waals surface area contributed by atoms with Gasteiger partial charge in [0.15, 0.2) is 0 Å². The van der Waals surface area contributed by atoms with Crippen molar-refractivity contribution in [2.75, 3.05) is 26.1 Å². The molecule has 1 N–H and O–H groups in total. The lowest BCUT2D eigenvalue weighted by molar-refractivity contribution is -0.140. The molecule has 7 heteroatoms. The lowest BCUT2D eigenvalue weighted by atomic mass is 9.85. The molecule has 1 saturated heterocycles. The number of rotatable bonds is 6. The number of nitrogens with zero attached hydrogens (tertiary/aromatic N) is 1. The van der Waals surface area contributed by atoms with Crippen molar-refractivity contribution in [3.8, 4) is 11.5 Å². The molecule has 0 unspecified atom stereocenters. The van der Waals surface area contributed by atoms with E-state index < -0.39 is 0 Å². The Morgan fingerprint density at radius 1 is 1.11 bits per heavy atom. The summed E-state index contributed by atoms with van der Waals surface area (Å²) in [6, 6.07) is 5.10. The monoisotopic (exact) mass is 370 g/mol. The van der Waals surface area contributed by atoms with Gasteiger partial charge in [-0.25, -0.2) is 0 Å². The quantitative estimate of drug-likeness (QED) is 0.610. The standard InChI is InChI=1S/C20H22N2O5/c1-26-13-5-6-15(27-2)14(10-13)21-16(23)7-8-22-19(24)17-11-3-4-12(9-11)18(17)20(22)25/h3-6,10-12,17-18H,7-9H2,1-2H3,(H,21,23)/t11-,12-,17-,18+/m0/s1. The normalized spacial score (nSPS) is 27.9. The molecule has 1 heterocycles. The van der Waals surface area contributed by atoms with E-state index in [0.29, 0.717) is 17.2 Å². The Morgan fingerprint density at radius 3 is 2.37 bits per heavy atom. The summed E-state index contributed by atoms with van der Waals surface area (Å²) in [6.07, 6.45) is 5.06. The molecule has 2 fully saturated rings. The van der Waals surface area contributed by atoms with Crippen molar-refractivity contribution in [3.05, 3.63) is 30.4 Å². The number of ether oxygens (including phenoxy) is 2. The zero-order valence-corrected chi connectivity index (χ0v) is 15.3. The molecule has 3 aliphatic rings. The maximum absolute atomic E-state index is 12.6. The van der Waals surface area contributed by atoms with Crippen LogP contribution in [0.15, 0.2) is 30.4 Å². The van der Waals surface area contributed by atoms with Crippen LogP contribution in [0.4, 0.5) is 5.69 Å². The van der Waals surface area contributed by atoms with Gasteiger partial charge in [0, 0.05) is 19.0 Å². The number of nitrogens with one attached hydrogen (secondary N) is 1. The number of likely N-dealkylation sites (tertiary alicyclic amines) is 1. The van der Waals surface area contributed by atoms with Gasteiger partial charge in [0.2, 0.25) is 17.7 Å². The molecule has 7 nitrogen and oxygen atoms in total. The lowest BCUT2D eigenvalue weighted by Crippen LogP contribution is -2.35. The van der Waals surface area contributed by atoms with Crippen LogP contribution in [0.3, 0.4) is 0 Å². The van der Waals surface area contributed by atoms with Gasteiger partial charge in [-0.2, -0.15) is 0 Å². The fourth-order valence-electron chi connectivity index (χ4n) is 4.52. The summed E-state index contributed by atoms with van der Waals surface area (Å²) in [5, 5.41) is 2.76. The number of carbonyl (C=O) groups is 3. The number of hydrogen-bond donors (Lipinski definition) is 1. The van der Waals surface area contributed by atoms with Crippen molar-refractivity contribution in [3.63, 3.8) is 0 Å². The third-order valence-corrected chi connectivity index (χ3v) is 5.80. The van der Waals surface area contributed by atoms with Gasteiger partial charge in [-0.05, 0) is 30.4 Å². The van der Waals surface area contributed by atoms with Crippen molar-refractivity contribution in [2.45, 2.75) is 12.8 Å². The number of benzene rings is 1. The first-order valence-corrected chi connectivity index (χ1v) is 9.09. The first-order chi connectivity index (χ1) is 13.0. The minimum absolute atomic E-state index is 0.0417. The molecule has 27 heavy (non-hydrogen) atoms. The molecule has 2 aliphatic carbocycles. The van der Waals surface area contributed by atoms with E-state index in [2.05, 4.69) is 17.5 Å². The summed E-state index contributed by atoms with van der Waals surface area (Å²) in [6.45, 7) is 0.0994. The Bertz CT molecular complexity index is 804. The molecule has 2 bridgehead atoms. The number of hydrogen-bond acceptors (Lipinski definition) is 5. The Balaban J connectivity index is 1.39. The number of anilines is 1. The van der Waals surface area contributed by atoms with E-state index in [9.17, 15) is 14.4 Å². The first kappa shape index (κ1) is 17.6. The van der Waals surface area contributed by atoms with Crippen molar-refractivity contribution >= 4 is 23.4 Å². The molecule has 4 atom stereocenters. The van der Waals surface area contributed by atoms with Crippen molar-refractivity contribution in [1.29, 1.82) is 0 Å². The first-order valence-electron chi connectivity index (χ1n) is 9.09. The fourth-order valence-corrected chi connectivity index (χ4v) is 4.52. The molecule has 142 valence electrons. The highest BCUT2D eigenvalue weighted by molar-refractivity contribution is 6.06. The summed E-state index contributed by atoms with van der Waals surface area (Å²) in [7, 11) is 3.05. The number of carbonyl (C=O) groups excluding carboxylic acids is 3. The minimum Gasteiger partial charge on any atom is -0.497 e. The number of fused-ring (bicyclic) bond motifs is 5. The summed E-state index contributed by atoms with van der Waals surface area (Å²) in [4.78, 5) is 38.9.